The first kappa shape index (κ1) is 14.7. The maximum Gasteiger partial charge on any atom is 0.135 e. The highest BCUT2D eigenvalue weighted by molar-refractivity contribution is 6.02. The smallest absolute Gasteiger partial charge is 0.135 e. The van der Waals surface area contributed by atoms with Crippen LogP contribution in [-0.2, 0) is 0 Å². The van der Waals surface area contributed by atoms with Gasteiger partial charge in [0.15, 0.2) is 0 Å². The Labute approximate surface area is 111 Å². The highest BCUT2D eigenvalue weighted by Gasteiger charge is 2.09. The van der Waals surface area contributed by atoms with Crippen molar-refractivity contribution in [1.29, 1.82) is 5.41 Å². The molecule has 0 aliphatic heterocycles. The van der Waals surface area contributed by atoms with Crippen LogP contribution in [0.15, 0.2) is 18.3 Å². The molecule has 0 aromatic carbocycles. The zero-order valence-corrected chi connectivity index (χ0v) is 11.8. The lowest BCUT2D eigenvalue weighted by atomic mass is 10.0. The van der Waals surface area contributed by atoms with Crippen LogP contribution in [0.4, 0.5) is 5.82 Å². The monoisotopic (exact) mass is 247 g/mol. The zero-order chi connectivity index (χ0) is 13.4. The molecule has 0 saturated carbocycles. The second kappa shape index (κ2) is 7.85. The number of unbranched alkanes of at least 4 members (excludes halogenated alkanes) is 2. The molecule has 0 amide bonds. The van der Waals surface area contributed by atoms with Gasteiger partial charge in [0, 0.05) is 24.0 Å². The molecule has 0 aliphatic rings. The Bertz CT molecular complexity index is 372. The van der Waals surface area contributed by atoms with E-state index in [4.69, 9.17) is 5.41 Å². The fraction of sp³-hybridized carbons (Fsp3) is 0.600. The van der Waals surface area contributed by atoms with Gasteiger partial charge in [-0.3, -0.25) is 0 Å². The number of nitrogens with zero attached hydrogens (tertiary/aromatic N) is 1. The van der Waals surface area contributed by atoms with Gasteiger partial charge in [0.1, 0.15) is 5.82 Å². The predicted octanol–water partition coefficient (Wildman–Crippen LogP) is 4.10. The van der Waals surface area contributed by atoms with Gasteiger partial charge in [-0.1, -0.05) is 33.6 Å². The molecule has 3 nitrogen and oxygen atoms in total. The third-order valence-electron chi connectivity index (χ3n) is 2.82. The Hall–Kier alpha value is -1.38. The Morgan fingerprint density at radius 2 is 2.17 bits per heavy atom. The summed E-state index contributed by atoms with van der Waals surface area (Å²) in [6, 6.07) is 3.89. The first-order valence-corrected chi connectivity index (χ1v) is 6.91. The summed E-state index contributed by atoms with van der Waals surface area (Å²) >= 11 is 0. The van der Waals surface area contributed by atoms with E-state index < -0.39 is 0 Å². The molecule has 1 rings (SSSR count). The molecule has 1 aromatic heterocycles. The molecule has 0 unspecified atom stereocenters. The van der Waals surface area contributed by atoms with Crippen molar-refractivity contribution in [2.75, 3.05) is 11.9 Å². The Kier molecular flexibility index (Phi) is 6.40. The van der Waals surface area contributed by atoms with Crippen molar-refractivity contribution in [1.82, 2.24) is 4.98 Å². The molecule has 0 saturated heterocycles. The van der Waals surface area contributed by atoms with E-state index in [0.29, 0.717) is 11.6 Å². The van der Waals surface area contributed by atoms with Crippen LogP contribution in [0.3, 0.4) is 0 Å². The molecule has 0 fully saturated rings. The second-order valence-corrected chi connectivity index (χ2v) is 5.11. The molecule has 0 spiro atoms. The number of pyridine rings is 1. The minimum Gasteiger partial charge on any atom is -0.370 e. The summed E-state index contributed by atoms with van der Waals surface area (Å²) in [6.07, 6.45) is 6.20. The third-order valence-corrected chi connectivity index (χ3v) is 2.82. The highest BCUT2D eigenvalue weighted by atomic mass is 15.0. The van der Waals surface area contributed by atoms with Crippen LogP contribution >= 0.6 is 0 Å². The quantitative estimate of drug-likeness (QED) is 0.537. The van der Waals surface area contributed by atoms with Crippen LogP contribution in [0.5, 0.6) is 0 Å². The van der Waals surface area contributed by atoms with Crippen molar-refractivity contribution >= 4 is 11.5 Å². The highest BCUT2D eigenvalue weighted by Crippen LogP contribution is 2.16. The number of hydrogen-bond acceptors (Lipinski definition) is 3. The average molecular weight is 247 g/mol. The molecule has 1 aromatic rings. The fourth-order valence-corrected chi connectivity index (χ4v) is 1.89. The maximum atomic E-state index is 8.14. The van der Waals surface area contributed by atoms with E-state index >= 15 is 0 Å². The number of nitrogens with one attached hydrogen (secondary N) is 2. The molecule has 3 heteroatoms. The van der Waals surface area contributed by atoms with Crippen molar-refractivity contribution in [3.8, 4) is 0 Å². The number of anilines is 1. The molecule has 18 heavy (non-hydrogen) atoms. The van der Waals surface area contributed by atoms with Crippen molar-refractivity contribution in [2.45, 2.75) is 46.5 Å². The van der Waals surface area contributed by atoms with E-state index in [1.165, 1.54) is 12.8 Å². The lowest BCUT2D eigenvalue weighted by Crippen LogP contribution is -2.11. The molecule has 0 aliphatic carbocycles. The minimum absolute atomic E-state index is 0.505. The van der Waals surface area contributed by atoms with Crippen LogP contribution in [0.2, 0.25) is 0 Å². The van der Waals surface area contributed by atoms with Crippen molar-refractivity contribution < 1.29 is 0 Å². The maximum absolute atomic E-state index is 8.14. The van der Waals surface area contributed by atoms with Gasteiger partial charge in [-0.15, -0.1) is 0 Å². The predicted molar refractivity (Wildman–Crippen MR) is 78.5 cm³/mol. The van der Waals surface area contributed by atoms with Crippen LogP contribution in [0, 0.1) is 11.3 Å². The average Bonchev–Trinajstić information content (AvgIpc) is 2.34. The number of aromatic nitrogens is 1. The Balaban J connectivity index is 2.64. The summed E-state index contributed by atoms with van der Waals surface area (Å²) in [5.41, 5.74) is 1.62. The summed E-state index contributed by atoms with van der Waals surface area (Å²) in [5, 5.41) is 11.5. The Morgan fingerprint density at radius 1 is 1.39 bits per heavy atom. The van der Waals surface area contributed by atoms with E-state index in [2.05, 4.69) is 31.1 Å². The van der Waals surface area contributed by atoms with Crippen LogP contribution in [-0.4, -0.2) is 17.2 Å². The van der Waals surface area contributed by atoms with Gasteiger partial charge >= 0.3 is 0 Å². The molecule has 0 atom stereocenters. The van der Waals surface area contributed by atoms with E-state index in [9.17, 15) is 0 Å². The molecule has 1 heterocycles. The van der Waals surface area contributed by atoms with Crippen molar-refractivity contribution in [3.05, 3.63) is 23.9 Å². The first-order valence-electron chi connectivity index (χ1n) is 6.91. The molecule has 100 valence electrons. The minimum atomic E-state index is 0.505. The van der Waals surface area contributed by atoms with Crippen LogP contribution < -0.4 is 5.32 Å². The van der Waals surface area contributed by atoms with Crippen LogP contribution in [0.1, 0.15) is 52.0 Å². The molecule has 0 radical (unpaired) electrons. The van der Waals surface area contributed by atoms with Gasteiger partial charge in [0.2, 0.25) is 0 Å². The van der Waals surface area contributed by atoms with Gasteiger partial charge in [0.25, 0.3) is 0 Å². The largest absolute Gasteiger partial charge is 0.370 e. The fourth-order valence-electron chi connectivity index (χ4n) is 1.89. The van der Waals surface area contributed by atoms with Gasteiger partial charge < -0.3 is 10.7 Å². The molecule has 2 N–H and O–H groups in total. The van der Waals surface area contributed by atoms with E-state index in [-0.39, 0.29) is 0 Å². The topological polar surface area (TPSA) is 48.8 Å². The molecular weight excluding hydrogens is 222 g/mol. The van der Waals surface area contributed by atoms with Crippen molar-refractivity contribution in [3.63, 3.8) is 0 Å². The number of rotatable bonds is 8. The van der Waals surface area contributed by atoms with Crippen LogP contribution in [0.25, 0.3) is 0 Å². The summed E-state index contributed by atoms with van der Waals surface area (Å²) in [5.74, 6) is 1.37. The zero-order valence-electron chi connectivity index (χ0n) is 11.8. The SMILES string of the molecule is CCCCCNc1ncccc1C(=N)CC(C)C. The van der Waals surface area contributed by atoms with E-state index in [1.807, 2.05) is 12.1 Å². The van der Waals surface area contributed by atoms with Gasteiger partial charge in [-0.2, -0.15) is 0 Å². The summed E-state index contributed by atoms with van der Waals surface area (Å²) in [7, 11) is 0. The third kappa shape index (κ3) is 4.86. The first-order chi connectivity index (χ1) is 8.65. The summed E-state index contributed by atoms with van der Waals surface area (Å²) in [6.45, 7) is 7.41. The van der Waals surface area contributed by atoms with E-state index in [1.54, 1.807) is 6.20 Å². The molecule has 0 bridgehead atoms. The second-order valence-electron chi connectivity index (χ2n) is 5.11. The van der Waals surface area contributed by atoms with Crippen molar-refractivity contribution in [2.24, 2.45) is 5.92 Å². The lowest BCUT2D eigenvalue weighted by Gasteiger charge is -2.12. The van der Waals surface area contributed by atoms with Gasteiger partial charge in [-0.05, 0) is 30.9 Å². The summed E-state index contributed by atoms with van der Waals surface area (Å²) < 4.78 is 0. The lowest BCUT2D eigenvalue weighted by molar-refractivity contribution is 0.682. The standard InChI is InChI=1S/C15H25N3/c1-4-5-6-9-17-15-13(8-7-10-18-15)14(16)11-12(2)3/h7-8,10,12,16H,4-6,9,11H2,1-3H3,(H,17,18). The molecular formula is C15H25N3. The van der Waals surface area contributed by atoms with E-state index in [0.717, 1.165) is 30.8 Å². The van der Waals surface area contributed by atoms with Gasteiger partial charge in [-0.25, -0.2) is 4.98 Å². The normalized spacial score (nSPS) is 10.7. The number of hydrogen-bond donors (Lipinski definition) is 2. The summed E-state index contributed by atoms with van der Waals surface area (Å²) in [4.78, 5) is 4.35. The van der Waals surface area contributed by atoms with Gasteiger partial charge in [0.05, 0.1) is 0 Å². The Morgan fingerprint density at radius 3 is 2.83 bits per heavy atom.